The predicted molar refractivity (Wildman–Crippen MR) is 92.9 cm³/mol. The highest BCUT2D eigenvalue weighted by atomic mass is 32.2. The highest BCUT2D eigenvalue weighted by molar-refractivity contribution is 8.00. The molecule has 1 amide bonds. The number of fused-ring (bicyclic) bond motifs is 1. The van der Waals surface area contributed by atoms with Crippen LogP contribution in [0, 0.1) is 0 Å². The number of hydrogen-bond donors (Lipinski definition) is 1. The summed E-state index contributed by atoms with van der Waals surface area (Å²) in [5.74, 6) is -0.0588. The third kappa shape index (κ3) is 3.65. The standard InChI is InChI=1S/C17H12F3N5OS/c18-17(19,20)27-14-4-2-1-3-10(14)15-21-6-5-11(23-15)12-9-13-16(26)22-7-8-25(13)24-12/h1-6,9H,7-8H2,(H,22,26). The van der Waals surface area contributed by atoms with Crippen LogP contribution in [-0.4, -0.2) is 37.7 Å². The van der Waals surface area contributed by atoms with Crippen molar-refractivity contribution in [2.24, 2.45) is 0 Å². The fourth-order valence-electron chi connectivity index (χ4n) is 2.76. The fourth-order valence-corrected chi connectivity index (χ4v) is 3.42. The number of nitrogens with zero attached hydrogens (tertiary/aromatic N) is 4. The lowest BCUT2D eigenvalue weighted by Gasteiger charge is -2.13. The zero-order valence-electron chi connectivity index (χ0n) is 13.7. The van der Waals surface area contributed by atoms with E-state index in [0.717, 1.165) is 0 Å². The van der Waals surface area contributed by atoms with E-state index >= 15 is 0 Å². The molecule has 0 saturated heterocycles. The van der Waals surface area contributed by atoms with Crippen LogP contribution in [0.25, 0.3) is 22.8 Å². The molecule has 27 heavy (non-hydrogen) atoms. The molecule has 10 heteroatoms. The Hall–Kier alpha value is -2.88. The Morgan fingerprint density at radius 2 is 1.96 bits per heavy atom. The number of amides is 1. The largest absolute Gasteiger partial charge is 0.446 e. The van der Waals surface area contributed by atoms with Gasteiger partial charge in [0.1, 0.15) is 11.4 Å². The molecule has 2 aromatic heterocycles. The van der Waals surface area contributed by atoms with Gasteiger partial charge >= 0.3 is 5.51 Å². The molecule has 4 rings (SSSR count). The normalized spacial score (nSPS) is 14.0. The second-order valence-electron chi connectivity index (χ2n) is 5.70. The maximum absolute atomic E-state index is 12.8. The number of aromatic nitrogens is 4. The minimum Gasteiger partial charge on any atom is -0.349 e. The molecule has 0 atom stereocenters. The van der Waals surface area contributed by atoms with Crippen LogP contribution in [0.5, 0.6) is 0 Å². The molecule has 3 heterocycles. The van der Waals surface area contributed by atoms with Crippen LogP contribution >= 0.6 is 11.8 Å². The molecule has 0 saturated carbocycles. The van der Waals surface area contributed by atoms with E-state index in [1.165, 1.54) is 18.3 Å². The van der Waals surface area contributed by atoms with Gasteiger partial charge in [0.25, 0.3) is 5.91 Å². The summed E-state index contributed by atoms with van der Waals surface area (Å²) in [4.78, 5) is 20.4. The lowest BCUT2D eigenvalue weighted by Crippen LogP contribution is -2.35. The lowest BCUT2D eigenvalue weighted by molar-refractivity contribution is -0.0328. The molecule has 1 aromatic carbocycles. The Morgan fingerprint density at radius 1 is 1.15 bits per heavy atom. The quantitative estimate of drug-likeness (QED) is 0.693. The summed E-state index contributed by atoms with van der Waals surface area (Å²) in [5.41, 5.74) is -2.81. The van der Waals surface area contributed by atoms with Gasteiger partial charge in [-0.2, -0.15) is 18.3 Å². The first-order valence-corrected chi connectivity index (χ1v) is 8.77. The van der Waals surface area contributed by atoms with E-state index in [4.69, 9.17) is 0 Å². The van der Waals surface area contributed by atoms with Crippen LogP contribution in [-0.2, 0) is 6.54 Å². The van der Waals surface area contributed by atoms with E-state index in [-0.39, 0.29) is 34.0 Å². The van der Waals surface area contributed by atoms with E-state index in [9.17, 15) is 18.0 Å². The smallest absolute Gasteiger partial charge is 0.349 e. The lowest BCUT2D eigenvalue weighted by atomic mass is 10.2. The van der Waals surface area contributed by atoms with Gasteiger partial charge in [0.2, 0.25) is 0 Å². The Morgan fingerprint density at radius 3 is 2.74 bits per heavy atom. The Balaban J connectivity index is 1.73. The number of thioether (sulfide) groups is 1. The summed E-state index contributed by atoms with van der Waals surface area (Å²) in [6.45, 7) is 1.04. The number of alkyl halides is 3. The average molecular weight is 391 g/mol. The first-order valence-electron chi connectivity index (χ1n) is 7.95. The van der Waals surface area contributed by atoms with Crippen molar-refractivity contribution >= 4 is 17.7 Å². The topological polar surface area (TPSA) is 72.7 Å². The third-order valence-electron chi connectivity index (χ3n) is 3.89. The molecule has 6 nitrogen and oxygen atoms in total. The Bertz CT molecular complexity index is 1020. The van der Waals surface area contributed by atoms with E-state index < -0.39 is 5.51 Å². The summed E-state index contributed by atoms with van der Waals surface area (Å²) in [6, 6.07) is 9.29. The van der Waals surface area contributed by atoms with Gasteiger partial charge in [0, 0.05) is 23.2 Å². The first-order chi connectivity index (χ1) is 12.9. The number of benzene rings is 1. The van der Waals surface area contributed by atoms with Crippen LogP contribution < -0.4 is 5.32 Å². The molecule has 138 valence electrons. The molecular weight excluding hydrogens is 379 g/mol. The molecule has 0 radical (unpaired) electrons. The van der Waals surface area contributed by atoms with Crippen molar-refractivity contribution < 1.29 is 18.0 Å². The number of rotatable bonds is 3. The third-order valence-corrected chi connectivity index (χ3v) is 4.70. The maximum atomic E-state index is 12.8. The summed E-state index contributed by atoms with van der Waals surface area (Å²) in [5, 5.41) is 7.10. The predicted octanol–water partition coefficient (Wildman–Crippen LogP) is 3.36. The Kier molecular flexibility index (Phi) is 4.34. The van der Waals surface area contributed by atoms with Gasteiger partial charge in [-0.15, -0.1) is 0 Å². The van der Waals surface area contributed by atoms with Crippen molar-refractivity contribution in [1.82, 2.24) is 25.1 Å². The van der Waals surface area contributed by atoms with Crippen molar-refractivity contribution in [3.8, 4) is 22.8 Å². The van der Waals surface area contributed by atoms with Crippen LogP contribution in [0.3, 0.4) is 0 Å². The van der Waals surface area contributed by atoms with Gasteiger partial charge < -0.3 is 5.32 Å². The van der Waals surface area contributed by atoms with E-state index in [1.54, 1.807) is 28.9 Å². The summed E-state index contributed by atoms with van der Waals surface area (Å²) < 4.78 is 40.0. The van der Waals surface area contributed by atoms with Crippen LogP contribution in [0.1, 0.15) is 10.5 Å². The molecule has 0 fully saturated rings. The molecule has 1 aliphatic rings. The number of nitrogens with one attached hydrogen (secondary N) is 1. The zero-order chi connectivity index (χ0) is 19.0. The van der Waals surface area contributed by atoms with Gasteiger partial charge in [-0.3, -0.25) is 9.48 Å². The zero-order valence-corrected chi connectivity index (χ0v) is 14.5. The van der Waals surface area contributed by atoms with Crippen molar-refractivity contribution in [2.45, 2.75) is 16.9 Å². The van der Waals surface area contributed by atoms with Gasteiger partial charge in [0.15, 0.2) is 5.82 Å². The van der Waals surface area contributed by atoms with Crippen LogP contribution in [0.4, 0.5) is 13.2 Å². The fraction of sp³-hybridized carbons (Fsp3) is 0.176. The van der Waals surface area contributed by atoms with Crippen LogP contribution in [0.2, 0.25) is 0 Å². The molecule has 0 aliphatic carbocycles. The van der Waals surface area contributed by atoms with Gasteiger partial charge in [-0.05, 0) is 30.0 Å². The van der Waals surface area contributed by atoms with E-state index in [1.807, 2.05) is 0 Å². The van der Waals surface area contributed by atoms with Gasteiger partial charge in [-0.1, -0.05) is 18.2 Å². The minimum atomic E-state index is -4.41. The highest BCUT2D eigenvalue weighted by Crippen LogP contribution is 2.41. The summed E-state index contributed by atoms with van der Waals surface area (Å²) >= 11 is -0.206. The molecule has 1 aliphatic heterocycles. The van der Waals surface area contributed by atoms with Gasteiger partial charge in [0.05, 0.1) is 12.2 Å². The monoisotopic (exact) mass is 391 g/mol. The average Bonchev–Trinajstić information content (AvgIpc) is 3.07. The second-order valence-corrected chi connectivity index (χ2v) is 6.81. The molecule has 1 N–H and O–H groups in total. The van der Waals surface area contributed by atoms with E-state index in [2.05, 4.69) is 20.4 Å². The summed E-state index contributed by atoms with van der Waals surface area (Å²) in [6.07, 6.45) is 1.46. The molecule has 0 bridgehead atoms. The number of carbonyl (C=O) groups excluding carboxylic acids is 1. The van der Waals surface area contributed by atoms with Crippen LogP contribution in [0.15, 0.2) is 47.5 Å². The highest BCUT2D eigenvalue weighted by Gasteiger charge is 2.31. The minimum absolute atomic E-state index is 0.0191. The SMILES string of the molecule is O=C1NCCn2nc(-c3ccnc(-c4ccccc4SC(F)(F)F)n3)cc21. The second kappa shape index (κ2) is 6.69. The number of halogens is 3. The first kappa shape index (κ1) is 17.5. The molecule has 0 unspecified atom stereocenters. The van der Waals surface area contributed by atoms with Crippen molar-refractivity contribution in [3.63, 3.8) is 0 Å². The number of hydrogen-bond acceptors (Lipinski definition) is 5. The van der Waals surface area contributed by atoms with Crippen molar-refractivity contribution in [1.29, 1.82) is 0 Å². The molecular formula is C17H12F3N5OS. The molecule has 3 aromatic rings. The van der Waals surface area contributed by atoms with Gasteiger partial charge in [-0.25, -0.2) is 9.97 Å². The van der Waals surface area contributed by atoms with E-state index in [0.29, 0.717) is 30.2 Å². The van der Waals surface area contributed by atoms with Crippen molar-refractivity contribution in [3.05, 3.63) is 48.3 Å². The maximum Gasteiger partial charge on any atom is 0.446 e. The Labute approximate surface area is 155 Å². The summed E-state index contributed by atoms with van der Waals surface area (Å²) in [7, 11) is 0. The number of carbonyl (C=O) groups is 1. The molecule has 0 spiro atoms. The van der Waals surface area contributed by atoms with Crippen molar-refractivity contribution in [2.75, 3.05) is 6.54 Å².